The van der Waals surface area contributed by atoms with Gasteiger partial charge in [0.25, 0.3) is 0 Å². The molecule has 13 heteroatoms. The fourth-order valence-corrected chi connectivity index (χ4v) is 9.85. The van der Waals surface area contributed by atoms with E-state index in [0.29, 0.717) is 0 Å². The van der Waals surface area contributed by atoms with Crippen LogP contribution < -0.4 is 23.7 Å². The van der Waals surface area contributed by atoms with E-state index >= 15 is 0 Å². The number of phenolic OH excluding ortho intramolecular Hbond substituents is 1. The lowest BCUT2D eigenvalue weighted by molar-refractivity contribution is -0.141. The van der Waals surface area contributed by atoms with E-state index in [1.165, 1.54) is 42.0 Å². The molecular formula is C69H76O13. The first-order valence-electron chi connectivity index (χ1n) is 26.9. The van der Waals surface area contributed by atoms with Crippen molar-refractivity contribution in [3.8, 4) is 70.0 Å². The maximum absolute atomic E-state index is 11.6. The van der Waals surface area contributed by atoms with Gasteiger partial charge in [-0.2, -0.15) is 0 Å². The van der Waals surface area contributed by atoms with Crippen molar-refractivity contribution in [3.63, 3.8) is 0 Å². The van der Waals surface area contributed by atoms with Gasteiger partial charge in [-0.3, -0.25) is 14.4 Å². The van der Waals surface area contributed by atoms with Crippen molar-refractivity contribution < 1.29 is 62.9 Å². The Balaban J connectivity index is 0.000000209. The van der Waals surface area contributed by atoms with Gasteiger partial charge in [0.05, 0.1) is 78.7 Å². The molecule has 0 radical (unpaired) electrons. The van der Waals surface area contributed by atoms with Gasteiger partial charge in [0.15, 0.2) is 0 Å². The van der Waals surface area contributed by atoms with Crippen LogP contribution in [0.5, 0.6) is 34.5 Å². The number of aliphatic hydroxyl groups is 1. The first-order chi connectivity index (χ1) is 39.2. The number of hydrogen-bond acceptors (Lipinski definition) is 12. The van der Waals surface area contributed by atoms with Crippen molar-refractivity contribution in [3.05, 3.63) is 177 Å². The van der Waals surface area contributed by atoms with Crippen molar-refractivity contribution in [2.24, 2.45) is 0 Å². The zero-order valence-corrected chi connectivity index (χ0v) is 47.4. The summed E-state index contributed by atoms with van der Waals surface area (Å²) >= 11 is 0. The highest BCUT2D eigenvalue weighted by Gasteiger charge is 2.27. The standard InChI is InChI=1S/C23H24O4.C22H22O4.C13H14O3.C10H12O2.CH4/c1-4-5-17(15-23(24)26-3)16-6-9-19(10-7-16)27-22-13-8-18-14-20(25-2)11-12-21(18)22;1-3-4-16(14-22(23)24)15-5-8-18(9-6-15)26-21-12-7-17-13-19(25-2)10-11-20(17)21;1-3-4-11(9-13(15)16-2)10-5-7-12(14)8-6-10;1-12-8-3-4-9-7(6-8)2-5-10(9)11;/h6-7,9-12,14,17,22H,8,13,15H2,1-3H3;5-6,8-11,13,16,21H,7,12,14H2,1-2H3,(H,23,24);5-8,11,14H,9H2,1-2H3;3-4,6,10-11H,2,5H2,1H3;1H4/t17-,22?;16-,21?;11-;;/m000../s1. The number of carboxylic acid groups (broad SMARTS) is 1. The molecule has 6 aromatic carbocycles. The molecule has 0 saturated carbocycles. The third-order valence-electron chi connectivity index (χ3n) is 14.1. The molecule has 0 aromatic heterocycles. The lowest BCUT2D eigenvalue weighted by Crippen LogP contribution is -2.08. The number of carboxylic acids is 1. The number of fused-ring (bicyclic) bond motifs is 3. The molecular weight excluding hydrogens is 1040 g/mol. The molecule has 430 valence electrons. The molecule has 0 amide bonds. The van der Waals surface area contributed by atoms with Gasteiger partial charge in [-0.05, 0) is 182 Å². The van der Waals surface area contributed by atoms with Crippen molar-refractivity contribution in [2.75, 3.05) is 35.5 Å². The van der Waals surface area contributed by atoms with Crippen LogP contribution in [0.25, 0.3) is 0 Å². The second kappa shape index (κ2) is 32.4. The normalized spacial score (nSPS) is 15.5. The minimum absolute atomic E-state index is 0. The lowest BCUT2D eigenvalue weighted by Gasteiger charge is -2.16. The average Bonchev–Trinajstić information content (AvgIpc) is 4.43. The summed E-state index contributed by atoms with van der Waals surface area (Å²) in [5.74, 6) is 19.8. The molecule has 3 N–H and O–H groups in total. The number of aromatic hydroxyl groups is 1. The molecule has 0 heterocycles. The molecule has 13 nitrogen and oxygen atoms in total. The molecule has 0 bridgehead atoms. The van der Waals surface area contributed by atoms with Gasteiger partial charge in [0.2, 0.25) is 0 Å². The predicted octanol–water partition coefficient (Wildman–Crippen LogP) is 13.1. The molecule has 9 rings (SSSR count). The van der Waals surface area contributed by atoms with E-state index in [4.69, 9.17) is 38.6 Å². The van der Waals surface area contributed by atoms with Gasteiger partial charge in [-0.1, -0.05) is 79.8 Å². The van der Waals surface area contributed by atoms with Gasteiger partial charge in [-0.25, -0.2) is 0 Å². The van der Waals surface area contributed by atoms with E-state index < -0.39 is 5.97 Å². The van der Waals surface area contributed by atoms with E-state index in [-0.39, 0.29) is 80.4 Å². The largest absolute Gasteiger partial charge is 0.508 e. The number of ether oxygens (including phenoxy) is 7. The summed E-state index contributed by atoms with van der Waals surface area (Å²) in [5.41, 5.74) is 10.0. The van der Waals surface area contributed by atoms with E-state index in [1.807, 2.05) is 78.9 Å². The van der Waals surface area contributed by atoms with Crippen LogP contribution in [-0.2, 0) is 43.1 Å². The minimum Gasteiger partial charge on any atom is -0.508 e. The van der Waals surface area contributed by atoms with Crippen molar-refractivity contribution >= 4 is 17.9 Å². The summed E-state index contributed by atoms with van der Waals surface area (Å²) in [6.07, 6.45) is 5.97. The highest BCUT2D eigenvalue weighted by molar-refractivity contribution is 5.72. The molecule has 6 atom stereocenters. The Morgan fingerprint density at radius 2 is 0.805 bits per heavy atom. The summed E-state index contributed by atoms with van der Waals surface area (Å²) in [4.78, 5) is 33.8. The van der Waals surface area contributed by atoms with E-state index in [2.05, 4.69) is 64.5 Å². The summed E-state index contributed by atoms with van der Waals surface area (Å²) in [6.45, 7) is 5.22. The second-order valence-electron chi connectivity index (χ2n) is 19.3. The van der Waals surface area contributed by atoms with E-state index in [1.54, 1.807) is 66.4 Å². The predicted molar refractivity (Wildman–Crippen MR) is 317 cm³/mol. The fourth-order valence-electron chi connectivity index (χ4n) is 9.85. The van der Waals surface area contributed by atoms with E-state index in [0.717, 1.165) is 89.5 Å². The first-order valence-corrected chi connectivity index (χ1v) is 26.9. The fraction of sp³-hybridized carbons (Fsp3) is 0.348. The Bertz CT molecular complexity index is 3240. The average molecular weight is 1110 g/mol. The summed E-state index contributed by atoms with van der Waals surface area (Å²) in [7, 11) is 7.77. The van der Waals surface area contributed by atoms with Crippen LogP contribution in [0.3, 0.4) is 0 Å². The molecule has 0 fully saturated rings. The highest BCUT2D eigenvalue weighted by atomic mass is 16.5. The zero-order chi connectivity index (χ0) is 58.3. The number of aliphatic carboxylic acids is 1. The van der Waals surface area contributed by atoms with Crippen molar-refractivity contribution in [2.45, 2.75) is 122 Å². The molecule has 6 aromatic rings. The summed E-state index contributed by atoms with van der Waals surface area (Å²) in [6, 6.07) is 40.2. The minimum atomic E-state index is -0.851. The Labute approximate surface area is 483 Å². The van der Waals surface area contributed by atoms with Gasteiger partial charge >= 0.3 is 17.9 Å². The summed E-state index contributed by atoms with van der Waals surface area (Å²) in [5, 5.41) is 27.7. The number of aliphatic hydroxyl groups excluding tert-OH is 1. The molecule has 0 aliphatic heterocycles. The third-order valence-corrected chi connectivity index (χ3v) is 14.1. The molecule has 82 heavy (non-hydrogen) atoms. The molecule has 3 aliphatic carbocycles. The Kier molecular flexibility index (Phi) is 25.3. The van der Waals surface area contributed by atoms with Gasteiger partial charge in [0.1, 0.15) is 46.7 Å². The van der Waals surface area contributed by atoms with Gasteiger partial charge in [-0.15, -0.1) is 17.8 Å². The number of esters is 2. The van der Waals surface area contributed by atoms with Crippen LogP contribution in [0.15, 0.2) is 127 Å². The van der Waals surface area contributed by atoms with Crippen LogP contribution in [0.1, 0.15) is 153 Å². The topological polar surface area (TPSA) is 177 Å². The molecule has 0 saturated heterocycles. The highest BCUT2D eigenvalue weighted by Crippen LogP contribution is 2.39. The Morgan fingerprint density at radius 1 is 0.476 bits per heavy atom. The van der Waals surface area contributed by atoms with Crippen molar-refractivity contribution in [1.82, 2.24) is 0 Å². The second-order valence-corrected chi connectivity index (χ2v) is 19.3. The van der Waals surface area contributed by atoms with Crippen LogP contribution >= 0.6 is 0 Å². The number of methoxy groups -OCH3 is 5. The number of aryl methyl sites for hydroxylation is 3. The van der Waals surface area contributed by atoms with Crippen LogP contribution in [0.2, 0.25) is 0 Å². The molecule has 0 spiro atoms. The quantitative estimate of drug-likeness (QED) is 0.0617. The van der Waals surface area contributed by atoms with Gasteiger partial charge in [0, 0.05) is 0 Å². The number of carbonyl (C=O) groups is 3. The molecule has 3 aliphatic rings. The number of carbonyl (C=O) groups excluding carboxylic acids is 2. The zero-order valence-electron chi connectivity index (χ0n) is 47.4. The number of rotatable bonds is 16. The number of hydrogen-bond donors (Lipinski definition) is 3. The molecule has 3 unspecified atom stereocenters. The number of phenols is 1. The monoisotopic (exact) mass is 1110 g/mol. The van der Waals surface area contributed by atoms with Gasteiger partial charge < -0.3 is 48.5 Å². The SMILES string of the molecule is C.CC#C[C@@H](CC(=O)O)c1ccc(OC2CCc3cc(OC)ccc32)cc1.CC#C[C@@H](CC(=O)OC)c1ccc(O)cc1.CC#C[C@@H](CC(=O)OC)c1ccc(OC2CCc3cc(OC)ccc32)cc1.COc1ccc2c(c1)CCC2O. The Hall–Kier alpha value is -8.83. The third kappa shape index (κ3) is 18.4. The van der Waals surface area contributed by atoms with Crippen LogP contribution in [0, 0.1) is 35.5 Å². The maximum Gasteiger partial charge on any atom is 0.307 e. The maximum atomic E-state index is 11.6. The van der Waals surface area contributed by atoms with E-state index in [9.17, 15) is 19.5 Å². The lowest BCUT2D eigenvalue weighted by atomic mass is 9.96. The summed E-state index contributed by atoms with van der Waals surface area (Å²) < 4.78 is 37.4. The van der Waals surface area contributed by atoms with Crippen LogP contribution in [0.4, 0.5) is 0 Å². The first kappa shape index (κ1) is 64.0. The van der Waals surface area contributed by atoms with Crippen molar-refractivity contribution in [1.29, 1.82) is 0 Å². The van der Waals surface area contributed by atoms with Crippen LogP contribution in [-0.4, -0.2) is 68.8 Å². The Morgan fingerprint density at radius 3 is 1.16 bits per heavy atom. The number of benzene rings is 6. The smallest absolute Gasteiger partial charge is 0.307 e.